The van der Waals surface area contributed by atoms with Crippen molar-refractivity contribution < 1.29 is 5.11 Å². The van der Waals surface area contributed by atoms with Gasteiger partial charge in [-0.3, -0.25) is 4.79 Å². The number of pyridine rings is 1. The van der Waals surface area contributed by atoms with Crippen molar-refractivity contribution in [3.05, 3.63) is 88.3 Å². The third-order valence-corrected chi connectivity index (χ3v) is 3.63. The third-order valence-electron chi connectivity index (χ3n) is 3.63. The summed E-state index contributed by atoms with van der Waals surface area (Å²) in [6, 6.07) is 20.4. The van der Waals surface area contributed by atoms with E-state index in [9.17, 15) is 9.90 Å². The Balaban J connectivity index is 1.86. The summed E-state index contributed by atoms with van der Waals surface area (Å²) in [6.07, 6.45) is 1.65. The molecule has 0 aliphatic heterocycles. The van der Waals surface area contributed by atoms with E-state index in [1.807, 2.05) is 42.5 Å². The third kappa shape index (κ3) is 3.14. The second kappa shape index (κ2) is 6.20. The molecule has 1 aromatic heterocycles. The van der Waals surface area contributed by atoms with Gasteiger partial charge in [0.15, 0.2) is 5.75 Å². The highest BCUT2D eigenvalue weighted by atomic mass is 16.3. The molecule has 0 saturated heterocycles. The van der Waals surface area contributed by atoms with E-state index in [1.165, 1.54) is 10.6 Å². The molecule has 4 heteroatoms. The Morgan fingerprint density at radius 1 is 1.00 bits per heavy atom. The van der Waals surface area contributed by atoms with Gasteiger partial charge in [-0.2, -0.15) is 5.26 Å². The Kier molecular flexibility index (Phi) is 3.94. The van der Waals surface area contributed by atoms with Gasteiger partial charge in [0.25, 0.3) is 5.56 Å². The van der Waals surface area contributed by atoms with Crippen molar-refractivity contribution in [1.82, 2.24) is 4.57 Å². The molecular formula is C19H14N2O2. The fraction of sp³-hybridized carbons (Fsp3) is 0.0526. The van der Waals surface area contributed by atoms with Crippen LogP contribution in [-0.2, 0) is 6.54 Å². The minimum absolute atomic E-state index is 0.252. The van der Waals surface area contributed by atoms with Crippen molar-refractivity contribution >= 4 is 0 Å². The number of benzene rings is 2. The Hall–Kier alpha value is -3.32. The van der Waals surface area contributed by atoms with E-state index in [2.05, 4.69) is 6.07 Å². The van der Waals surface area contributed by atoms with E-state index in [4.69, 9.17) is 5.26 Å². The van der Waals surface area contributed by atoms with Crippen molar-refractivity contribution in [2.75, 3.05) is 0 Å². The summed E-state index contributed by atoms with van der Waals surface area (Å²) in [6.45, 7) is 0.395. The zero-order chi connectivity index (χ0) is 16.2. The van der Waals surface area contributed by atoms with E-state index in [-0.39, 0.29) is 5.75 Å². The number of nitriles is 1. The van der Waals surface area contributed by atoms with Gasteiger partial charge in [0, 0.05) is 6.20 Å². The van der Waals surface area contributed by atoms with Gasteiger partial charge < -0.3 is 9.67 Å². The van der Waals surface area contributed by atoms with Crippen molar-refractivity contribution in [2.24, 2.45) is 0 Å². The lowest BCUT2D eigenvalue weighted by atomic mass is 10.0. The lowest BCUT2D eigenvalue weighted by Crippen LogP contribution is -2.18. The molecule has 0 bridgehead atoms. The van der Waals surface area contributed by atoms with Gasteiger partial charge in [0.05, 0.1) is 18.2 Å². The second-order valence-electron chi connectivity index (χ2n) is 5.22. The fourth-order valence-corrected chi connectivity index (χ4v) is 2.42. The maximum Gasteiger partial charge on any atom is 0.292 e. The molecular weight excluding hydrogens is 288 g/mol. The number of hydrogen-bond acceptors (Lipinski definition) is 3. The van der Waals surface area contributed by atoms with Crippen LogP contribution in [0.5, 0.6) is 5.75 Å². The van der Waals surface area contributed by atoms with Crippen LogP contribution in [0.1, 0.15) is 11.1 Å². The van der Waals surface area contributed by atoms with Gasteiger partial charge in [-0.05, 0) is 41.0 Å². The van der Waals surface area contributed by atoms with Crippen LogP contribution in [0.2, 0.25) is 0 Å². The van der Waals surface area contributed by atoms with Crippen LogP contribution < -0.4 is 5.56 Å². The molecule has 3 aromatic rings. The molecule has 3 rings (SSSR count). The Morgan fingerprint density at radius 2 is 1.78 bits per heavy atom. The van der Waals surface area contributed by atoms with Crippen LogP contribution in [0, 0.1) is 11.3 Å². The number of aromatic hydroxyl groups is 1. The average molecular weight is 302 g/mol. The molecule has 23 heavy (non-hydrogen) atoms. The van der Waals surface area contributed by atoms with Crippen molar-refractivity contribution in [2.45, 2.75) is 6.54 Å². The van der Waals surface area contributed by atoms with E-state index >= 15 is 0 Å². The molecule has 0 aliphatic rings. The lowest BCUT2D eigenvalue weighted by Gasteiger charge is -2.08. The molecule has 0 fully saturated rings. The molecule has 0 radical (unpaired) electrons. The number of hydrogen-bond donors (Lipinski definition) is 1. The van der Waals surface area contributed by atoms with E-state index in [0.717, 1.165) is 16.7 Å². The van der Waals surface area contributed by atoms with Crippen LogP contribution in [0.4, 0.5) is 0 Å². The van der Waals surface area contributed by atoms with Gasteiger partial charge in [-0.15, -0.1) is 0 Å². The minimum Gasteiger partial charge on any atom is -0.503 e. The highest BCUT2D eigenvalue weighted by Gasteiger charge is 2.03. The molecule has 0 atom stereocenters. The predicted octanol–water partition coefficient (Wildman–Crippen LogP) is 3.14. The van der Waals surface area contributed by atoms with Crippen LogP contribution in [0.15, 0.2) is 71.7 Å². The summed E-state index contributed by atoms with van der Waals surface area (Å²) >= 11 is 0. The van der Waals surface area contributed by atoms with Gasteiger partial charge >= 0.3 is 0 Å². The molecule has 4 nitrogen and oxygen atoms in total. The zero-order valence-corrected chi connectivity index (χ0v) is 12.3. The quantitative estimate of drug-likeness (QED) is 0.808. The molecule has 0 aliphatic carbocycles. The largest absolute Gasteiger partial charge is 0.503 e. The molecule has 1 heterocycles. The highest BCUT2D eigenvalue weighted by molar-refractivity contribution is 5.65. The minimum atomic E-state index is -0.404. The smallest absolute Gasteiger partial charge is 0.292 e. The molecule has 1 N–H and O–H groups in total. The fourth-order valence-electron chi connectivity index (χ4n) is 2.42. The standard InChI is InChI=1S/C19H14N2O2/c20-12-15-3-1-4-17(11-15)16-8-6-14(7-9-16)13-21-10-2-5-18(22)19(21)23/h1-11,22H,13H2. The first-order valence-electron chi connectivity index (χ1n) is 7.15. The van der Waals surface area contributed by atoms with E-state index < -0.39 is 5.56 Å². The van der Waals surface area contributed by atoms with Gasteiger partial charge in [0.2, 0.25) is 0 Å². The summed E-state index contributed by atoms with van der Waals surface area (Å²) in [5.74, 6) is -0.252. The highest BCUT2D eigenvalue weighted by Crippen LogP contribution is 2.21. The molecule has 2 aromatic carbocycles. The van der Waals surface area contributed by atoms with Crippen LogP contribution >= 0.6 is 0 Å². The first-order chi connectivity index (χ1) is 11.2. The molecule has 0 amide bonds. The molecule has 0 spiro atoms. The summed E-state index contributed by atoms with van der Waals surface area (Å²) < 4.78 is 1.46. The Bertz CT molecular complexity index is 935. The van der Waals surface area contributed by atoms with Crippen molar-refractivity contribution in [3.8, 4) is 22.9 Å². The van der Waals surface area contributed by atoms with Gasteiger partial charge in [-0.25, -0.2) is 0 Å². The Labute approximate surface area is 133 Å². The first kappa shape index (κ1) is 14.6. The SMILES string of the molecule is N#Cc1cccc(-c2ccc(Cn3cccc(O)c3=O)cc2)c1. The maximum atomic E-state index is 11.8. The summed E-state index contributed by atoms with van der Waals surface area (Å²) in [5.41, 5.74) is 3.16. The lowest BCUT2D eigenvalue weighted by molar-refractivity contribution is 0.459. The Morgan fingerprint density at radius 3 is 2.52 bits per heavy atom. The molecule has 0 unspecified atom stereocenters. The van der Waals surface area contributed by atoms with Gasteiger partial charge in [-0.1, -0.05) is 36.4 Å². The van der Waals surface area contributed by atoms with Crippen LogP contribution in [0.3, 0.4) is 0 Å². The van der Waals surface area contributed by atoms with Crippen molar-refractivity contribution in [1.29, 1.82) is 5.26 Å². The van der Waals surface area contributed by atoms with Crippen LogP contribution in [-0.4, -0.2) is 9.67 Å². The van der Waals surface area contributed by atoms with E-state index in [0.29, 0.717) is 12.1 Å². The maximum absolute atomic E-state index is 11.8. The van der Waals surface area contributed by atoms with Gasteiger partial charge in [0.1, 0.15) is 0 Å². The summed E-state index contributed by atoms with van der Waals surface area (Å²) in [7, 11) is 0. The number of rotatable bonds is 3. The summed E-state index contributed by atoms with van der Waals surface area (Å²) in [5, 5.41) is 18.4. The predicted molar refractivity (Wildman–Crippen MR) is 88.1 cm³/mol. The number of nitrogens with zero attached hydrogens (tertiary/aromatic N) is 2. The second-order valence-corrected chi connectivity index (χ2v) is 5.22. The normalized spacial score (nSPS) is 10.2. The summed E-state index contributed by atoms with van der Waals surface area (Å²) in [4.78, 5) is 11.8. The average Bonchev–Trinajstić information content (AvgIpc) is 2.60. The number of aromatic nitrogens is 1. The first-order valence-corrected chi connectivity index (χ1v) is 7.15. The zero-order valence-electron chi connectivity index (χ0n) is 12.3. The monoisotopic (exact) mass is 302 g/mol. The topological polar surface area (TPSA) is 66.0 Å². The molecule has 0 saturated carbocycles. The molecule has 112 valence electrons. The van der Waals surface area contributed by atoms with Crippen molar-refractivity contribution in [3.63, 3.8) is 0 Å². The van der Waals surface area contributed by atoms with Crippen LogP contribution in [0.25, 0.3) is 11.1 Å². The van der Waals surface area contributed by atoms with E-state index in [1.54, 1.807) is 18.3 Å².